The molecule has 0 unspecified atom stereocenters. The Kier molecular flexibility index (Phi) is 6.48. The highest BCUT2D eigenvalue weighted by molar-refractivity contribution is 8.00. The number of benzene rings is 1. The van der Waals surface area contributed by atoms with Gasteiger partial charge in [0.25, 0.3) is 0 Å². The molecule has 30 heavy (non-hydrogen) atoms. The second-order valence-electron chi connectivity index (χ2n) is 7.54. The third-order valence-electron chi connectivity index (χ3n) is 5.40. The number of hydrogen-bond acceptors (Lipinski definition) is 5. The number of nitrogens with one attached hydrogen (secondary N) is 1. The van der Waals surface area contributed by atoms with Crippen molar-refractivity contribution in [1.82, 2.24) is 9.55 Å². The van der Waals surface area contributed by atoms with Gasteiger partial charge in [-0.25, -0.2) is 13.6 Å². The van der Waals surface area contributed by atoms with Crippen LogP contribution in [-0.2, 0) is 28.9 Å². The van der Waals surface area contributed by atoms with Crippen molar-refractivity contribution in [1.29, 1.82) is 0 Å². The van der Waals surface area contributed by atoms with Crippen molar-refractivity contribution >= 4 is 23.4 Å². The predicted molar refractivity (Wildman–Crippen MR) is 110 cm³/mol. The van der Waals surface area contributed by atoms with Crippen LogP contribution in [0.25, 0.3) is 0 Å². The highest BCUT2D eigenvalue weighted by Gasteiger charge is 2.24. The number of ether oxygens (including phenoxy) is 1. The molecule has 1 fully saturated rings. The zero-order chi connectivity index (χ0) is 21.1. The van der Waals surface area contributed by atoms with Crippen LogP contribution >= 0.6 is 11.8 Å². The van der Waals surface area contributed by atoms with Gasteiger partial charge in [-0.05, 0) is 50.7 Å². The topological polar surface area (TPSA) is 73.2 Å². The predicted octanol–water partition coefficient (Wildman–Crippen LogP) is 3.31. The van der Waals surface area contributed by atoms with Gasteiger partial charge in [0, 0.05) is 29.6 Å². The van der Waals surface area contributed by atoms with Gasteiger partial charge in [-0.15, -0.1) is 0 Å². The molecule has 2 aliphatic rings. The van der Waals surface area contributed by atoms with E-state index in [1.165, 1.54) is 17.8 Å². The average Bonchev–Trinajstić information content (AvgIpc) is 3.25. The average molecular weight is 435 g/mol. The van der Waals surface area contributed by atoms with Gasteiger partial charge in [0.1, 0.15) is 5.03 Å². The molecular formula is C21H23F2N3O3S. The van der Waals surface area contributed by atoms with E-state index in [1.807, 2.05) is 0 Å². The number of carbonyl (C=O) groups excluding carboxylic acids is 1. The fraction of sp³-hybridized carbons (Fsp3) is 0.476. The van der Waals surface area contributed by atoms with E-state index in [0.29, 0.717) is 11.6 Å². The zero-order valence-corrected chi connectivity index (χ0v) is 17.3. The maximum Gasteiger partial charge on any atom is 0.348 e. The van der Waals surface area contributed by atoms with Gasteiger partial charge in [0.05, 0.1) is 18.4 Å². The van der Waals surface area contributed by atoms with Gasteiger partial charge < -0.3 is 10.1 Å². The van der Waals surface area contributed by atoms with Gasteiger partial charge in [-0.2, -0.15) is 4.98 Å². The van der Waals surface area contributed by atoms with E-state index in [4.69, 9.17) is 4.74 Å². The van der Waals surface area contributed by atoms with Crippen molar-refractivity contribution in [3.63, 3.8) is 0 Å². The molecule has 1 saturated heterocycles. The van der Waals surface area contributed by atoms with Crippen molar-refractivity contribution < 1.29 is 18.3 Å². The molecule has 6 nitrogen and oxygen atoms in total. The van der Waals surface area contributed by atoms with Crippen LogP contribution in [0.2, 0.25) is 0 Å². The molecule has 4 rings (SSSR count). The molecule has 160 valence electrons. The maximum atomic E-state index is 13.3. The van der Waals surface area contributed by atoms with Crippen molar-refractivity contribution in [2.24, 2.45) is 0 Å². The smallest absolute Gasteiger partial charge is 0.348 e. The SMILES string of the molecule is O=C(CSc1nc(=O)n(C[C@@H]2CCCO2)c2c1CCCC2)Nc1ccc(F)c(F)c1. The van der Waals surface area contributed by atoms with E-state index < -0.39 is 11.6 Å². The second kappa shape index (κ2) is 9.26. The Balaban J connectivity index is 1.48. The summed E-state index contributed by atoms with van der Waals surface area (Å²) in [6, 6.07) is 3.20. The Morgan fingerprint density at radius 3 is 2.83 bits per heavy atom. The molecule has 1 aliphatic heterocycles. The van der Waals surface area contributed by atoms with Crippen molar-refractivity contribution in [2.75, 3.05) is 17.7 Å². The molecule has 2 heterocycles. The largest absolute Gasteiger partial charge is 0.376 e. The Bertz CT molecular complexity index is 1010. The number of thioether (sulfide) groups is 1. The Morgan fingerprint density at radius 2 is 2.07 bits per heavy atom. The quantitative estimate of drug-likeness (QED) is 0.557. The number of nitrogens with zero attached hydrogens (tertiary/aromatic N) is 2. The number of halogens is 2. The lowest BCUT2D eigenvalue weighted by Gasteiger charge is -2.24. The number of aromatic nitrogens is 2. The molecule has 9 heteroatoms. The molecule has 0 saturated carbocycles. The molecule has 0 spiro atoms. The van der Waals surface area contributed by atoms with Crippen LogP contribution in [-0.4, -0.2) is 33.9 Å². The summed E-state index contributed by atoms with van der Waals surface area (Å²) in [7, 11) is 0. The Morgan fingerprint density at radius 1 is 1.23 bits per heavy atom. The van der Waals surface area contributed by atoms with Gasteiger partial charge in [0.15, 0.2) is 11.6 Å². The van der Waals surface area contributed by atoms with Crippen LogP contribution < -0.4 is 11.0 Å². The van der Waals surface area contributed by atoms with Gasteiger partial charge in [-0.3, -0.25) is 9.36 Å². The summed E-state index contributed by atoms with van der Waals surface area (Å²) in [6.45, 7) is 1.26. The van der Waals surface area contributed by atoms with E-state index >= 15 is 0 Å². The van der Waals surface area contributed by atoms with Crippen molar-refractivity contribution in [3.05, 3.63) is 51.6 Å². The highest BCUT2D eigenvalue weighted by atomic mass is 32.2. The summed E-state index contributed by atoms with van der Waals surface area (Å²) in [4.78, 5) is 29.2. The normalized spacial score (nSPS) is 18.3. The first-order valence-electron chi connectivity index (χ1n) is 10.1. The van der Waals surface area contributed by atoms with Crippen LogP contribution in [0.1, 0.15) is 36.9 Å². The fourth-order valence-electron chi connectivity index (χ4n) is 3.95. The first-order valence-corrected chi connectivity index (χ1v) is 11.1. The first-order chi connectivity index (χ1) is 14.5. The molecule has 1 aromatic heterocycles. The minimum Gasteiger partial charge on any atom is -0.376 e. The van der Waals surface area contributed by atoms with Crippen molar-refractivity contribution in [2.45, 2.75) is 56.2 Å². The minimum absolute atomic E-state index is 0.0215. The van der Waals surface area contributed by atoms with Crippen LogP contribution in [0.15, 0.2) is 28.0 Å². The molecule has 1 amide bonds. The molecule has 0 bridgehead atoms. The van der Waals surface area contributed by atoms with E-state index in [0.717, 1.165) is 68.5 Å². The lowest BCUT2D eigenvalue weighted by Crippen LogP contribution is -2.34. The number of anilines is 1. The maximum absolute atomic E-state index is 13.3. The van der Waals surface area contributed by atoms with Crippen molar-refractivity contribution in [3.8, 4) is 0 Å². The van der Waals surface area contributed by atoms with E-state index in [2.05, 4.69) is 10.3 Å². The number of hydrogen-bond donors (Lipinski definition) is 1. The van der Waals surface area contributed by atoms with Gasteiger partial charge >= 0.3 is 5.69 Å². The van der Waals surface area contributed by atoms with Crippen LogP contribution in [0.3, 0.4) is 0 Å². The van der Waals surface area contributed by atoms with E-state index in [9.17, 15) is 18.4 Å². The summed E-state index contributed by atoms with van der Waals surface area (Å²) in [5, 5.41) is 3.12. The number of fused-ring (bicyclic) bond motifs is 1. The summed E-state index contributed by atoms with van der Waals surface area (Å²) in [5.41, 5.74) is 1.90. The molecule has 2 aromatic rings. The molecule has 1 aromatic carbocycles. The van der Waals surface area contributed by atoms with E-state index in [1.54, 1.807) is 4.57 Å². The molecule has 1 atom stereocenters. The number of rotatable bonds is 6. The fourth-order valence-corrected chi connectivity index (χ4v) is 4.83. The van der Waals surface area contributed by atoms with Crippen LogP contribution in [0.5, 0.6) is 0 Å². The summed E-state index contributed by atoms with van der Waals surface area (Å²) in [5.74, 6) is -2.35. The minimum atomic E-state index is -1.02. The number of carbonyl (C=O) groups is 1. The molecular weight excluding hydrogens is 412 g/mol. The summed E-state index contributed by atoms with van der Waals surface area (Å²) >= 11 is 1.20. The first kappa shape index (κ1) is 21.0. The summed E-state index contributed by atoms with van der Waals surface area (Å²) < 4.78 is 33.8. The molecule has 1 aliphatic carbocycles. The monoisotopic (exact) mass is 435 g/mol. The third kappa shape index (κ3) is 4.73. The second-order valence-corrected chi connectivity index (χ2v) is 8.51. The summed E-state index contributed by atoms with van der Waals surface area (Å²) in [6.07, 6.45) is 5.67. The molecule has 1 N–H and O–H groups in total. The van der Waals surface area contributed by atoms with Gasteiger partial charge in [-0.1, -0.05) is 11.8 Å². The third-order valence-corrected chi connectivity index (χ3v) is 6.42. The zero-order valence-electron chi connectivity index (χ0n) is 16.5. The Labute approximate surface area is 177 Å². The van der Waals surface area contributed by atoms with E-state index in [-0.39, 0.29) is 29.1 Å². The lowest BCUT2D eigenvalue weighted by atomic mass is 9.97. The lowest BCUT2D eigenvalue weighted by molar-refractivity contribution is -0.113. The highest BCUT2D eigenvalue weighted by Crippen LogP contribution is 2.29. The van der Waals surface area contributed by atoms with Crippen LogP contribution in [0, 0.1) is 11.6 Å². The molecule has 0 radical (unpaired) electrons. The number of amides is 1. The Hall–Kier alpha value is -2.26. The standard InChI is InChI=1S/C21H23F2N3O3S/c22-16-8-7-13(10-17(16)23)24-19(27)12-30-20-15-5-1-2-6-18(15)26(21(28)25-20)11-14-4-3-9-29-14/h7-8,10,14H,1-6,9,11-12H2,(H,24,27)/t14-/m0/s1. The van der Waals surface area contributed by atoms with Gasteiger partial charge in [0.2, 0.25) is 5.91 Å². The van der Waals surface area contributed by atoms with Crippen LogP contribution in [0.4, 0.5) is 14.5 Å².